The minimum atomic E-state index is -0.996. The van der Waals surface area contributed by atoms with Crippen LogP contribution in [0.4, 0.5) is 0 Å². The summed E-state index contributed by atoms with van der Waals surface area (Å²) in [5, 5.41) is 10.2. The van der Waals surface area contributed by atoms with Gasteiger partial charge in [0.2, 0.25) is 0 Å². The number of unbranched alkanes of at least 4 members (excludes halogenated alkanes) is 5. The zero-order valence-corrected chi connectivity index (χ0v) is 21.2. The standard InChI is InChI=1S/C28H38O5S/c1-32-25(29)20-21-34-27(28(31)33-2)26(30)24-19-13-12-18-23(24)17-11-6-4-3-5-8-14-22-15-9-7-10-16-22/h7,9-10,12-13,15-16,18-19,26-27,30H,3-6,8,11,14,17,20-21H2,1-2H3. The van der Waals surface area contributed by atoms with Gasteiger partial charge in [-0.3, -0.25) is 9.59 Å². The summed E-state index contributed by atoms with van der Waals surface area (Å²) in [7, 11) is 2.65. The van der Waals surface area contributed by atoms with Crippen LogP contribution in [0.2, 0.25) is 0 Å². The van der Waals surface area contributed by atoms with Crippen LogP contribution in [0.1, 0.15) is 67.7 Å². The highest BCUT2D eigenvalue weighted by Gasteiger charge is 2.30. The molecule has 0 heterocycles. The first-order valence-electron chi connectivity index (χ1n) is 12.1. The highest BCUT2D eigenvalue weighted by atomic mass is 32.2. The maximum Gasteiger partial charge on any atom is 0.321 e. The molecule has 0 aliphatic heterocycles. The van der Waals surface area contributed by atoms with E-state index < -0.39 is 17.3 Å². The molecule has 0 bridgehead atoms. The molecule has 34 heavy (non-hydrogen) atoms. The van der Waals surface area contributed by atoms with Crippen LogP contribution in [0.5, 0.6) is 0 Å². The molecule has 0 aliphatic carbocycles. The van der Waals surface area contributed by atoms with Gasteiger partial charge in [-0.05, 0) is 42.4 Å². The van der Waals surface area contributed by atoms with Crippen molar-refractivity contribution in [2.45, 2.75) is 69.1 Å². The Morgan fingerprint density at radius 1 is 0.824 bits per heavy atom. The molecule has 5 nitrogen and oxygen atoms in total. The van der Waals surface area contributed by atoms with E-state index in [1.165, 1.54) is 57.2 Å². The summed E-state index contributed by atoms with van der Waals surface area (Å²) in [6.07, 6.45) is 8.27. The van der Waals surface area contributed by atoms with Crippen LogP contribution in [0.3, 0.4) is 0 Å². The second-order valence-electron chi connectivity index (χ2n) is 8.39. The quantitative estimate of drug-likeness (QED) is 0.243. The number of benzene rings is 2. The number of aryl methyl sites for hydroxylation is 2. The number of esters is 2. The van der Waals surface area contributed by atoms with E-state index in [9.17, 15) is 14.7 Å². The molecule has 0 saturated carbocycles. The Labute approximate surface area is 208 Å². The Hall–Kier alpha value is -2.31. The number of aliphatic hydroxyl groups excluding tert-OH is 1. The van der Waals surface area contributed by atoms with Gasteiger partial charge in [0.05, 0.1) is 20.6 Å². The molecule has 0 fully saturated rings. The van der Waals surface area contributed by atoms with Crippen LogP contribution in [0, 0.1) is 0 Å². The molecule has 2 atom stereocenters. The van der Waals surface area contributed by atoms with Crippen molar-refractivity contribution in [3.05, 3.63) is 71.3 Å². The lowest BCUT2D eigenvalue weighted by Gasteiger charge is -2.23. The smallest absolute Gasteiger partial charge is 0.321 e. The predicted octanol–water partition coefficient (Wildman–Crippen LogP) is 5.68. The van der Waals surface area contributed by atoms with Crippen LogP contribution in [-0.2, 0) is 31.9 Å². The predicted molar refractivity (Wildman–Crippen MR) is 138 cm³/mol. The zero-order chi connectivity index (χ0) is 24.6. The van der Waals surface area contributed by atoms with Crippen molar-refractivity contribution in [2.75, 3.05) is 20.0 Å². The Morgan fingerprint density at radius 3 is 2.12 bits per heavy atom. The second-order valence-corrected chi connectivity index (χ2v) is 9.64. The minimum absolute atomic E-state index is 0.175. The lowest BCUT2D eigenvalue weighted by Crippen LogP contribution is -2.28. The van der Waals surface area contributed by atoms with E-state index in [2.05, 4.69) is 35.1 Å². The number of carbonyl (C=O) groups is 2. The number of carbonyl (C=O) groups excluding carboxylic acids is 2. The van der Waals surface area contributed by atoms with Gasteiger partial charge in [-0.1, -0.05) is 80.3 Å². The Morgan fingerprint density at radius 2 is 1.44 bits per heavy atom. The van der Waals surface area contributed by atoms with Gasteiger partial charge in [-0.2, -0.15) is 0 Å². The van der Waals surface area contributed by atoms with Gasteiger partial charge in [-0.15, -0.1) is 11.8 Å². The highest BCUT2D eigenvalue weighted by Crippen LogP contribution is 2.31. The van der Waals surface area contributed by atoms with E-state index in [0.717, 1.165) is 36.8 Å². The molecule has 2 aromatic rings. The Balaban J connectivity index is 1.79. The van der Waals surface area contributed by atoms with E-state index in [0.29, 0.717) is 5.75 Å². The van der Waals surface area contributed by atoms with Crippen LogP contribution in [0.15, 0.2) is 54.6 Å². The third kappa shape index (κ3) is 9.90. The Bertz CT molecular complexity index is 855. The largest absolute Gasteiger partial charge is 0.469 e. The topological polar surface area (TPSA) is 72.8 Å². The molecule has 0 aromatic heterocycles. The van der Waals surface area contributed by atoms with Gasteiger partial charge < -0.3 is 14.6 Å². The lowest BCUT2D eigenvalue weighted by molar-refractivity contribution is -0.142. The van der Waals surface area contributed by atoms with Crippen molar-refractivity contribution < 1.29 is 24.2 Å². The molecule has 2 aromatic carbocycles. The van der Waals surface area contributed by atoms with Crippen molar-refractivity contribution >= 4 is 23.7 Å². The first-order valence-corrected chi connectivity index (χ1v) is 13.2. The molecule has 0 aliphatic rings. The summed E-state index contributed by atoms with van der Waals surface area (Å²) >= 11 is 1.22. The number of methoxy groups -OCH3 is 2. The number of hydrogen-bond donors (Lipinski definition) is 1. The number of aliphatic hydroxyl groups is 1. The van der Waals surface area contributed by atoms with Gasteiger partial charge in [0, 0.05) is 5.75 Å². The van der Waals surface area contributed by atoms with Crippen LogP contribution >= 0.6 is 11.8 Å². The van der Waals surface area contributed by atoms with Gasteiger partial charge in [0.15, 0.2) is 0 Å². The van der Waals surface area contributed by atoms with E-state index in [-0.39, 0.29) is 12.4 Å². The number of hydrogen-bond acceptors (Lipinski definition) is 6. The zero-order valence-electron chi connectivity index (χ0n) is 20.4. The molecule has 2 rings (SSSR count). The fourth-order valence-electron chi connectivity index (χ4n) is 3.99. The van der Waals surface area contributed by atoms with E-state index in [4.69, 9.17) is 4.74 Å². The number of thioether (sulfide) groups is 1. The minimum Gasteiger partial charge on any atom is -0.469 e. The van der Waals surface area contributed by atoms with Crippen LogP contribution in [0.25, 0.3) is 0 Å². The molecule has 186 valence electrons. The van der Waals surface area contributed by atoms with Gasteiger partial charge in [-0.25, -0.2) is 0 Å². The van der Waals surface area contributed by atoms with Crippen molar-refractivity contribution in [2.24, 2.45) is 0 Å². The lowest BCUT2D eigenvalue weighted by atomic mass is 9.95. The van der Waals surface area contributed by atoms with E-state index in [1.54, 1.807) is 0 Å². The summed E-state index contributed by atoms with van der Waals surface area (Å²) in [6, 6.07) is 18.4. The summed E-state index contributed by atoms with van der Waals surface area (Å²) < 4.78 is 9.57. The molecular weight excluding hydrogens is 448 g/mol. The van der Waals surface area contributed by atoms with Crippen molar-refractivity contribution in [1.82, 2.24) is 0 Å². The van der Waals surface area contributed by atoms with E-state index >= 15 is 0 Å². The summed E-state index contributed by atoms with van der Waals surface area (Å²) in [6.45, 7) is 0. The third-order valence-electron chi connectivity index (χ3n) is 5.93. The maximum absolute atomic E-state index is 12.3. The van der Waals surface area contributed by atoms with Crippen molar-refractivity contribution in [1.29, 1.82) is 0 Å². The Kier molecular flexibility index (Phi) is 13.4. The molecule has 1 N–H and O–H groups in total. The fraction of sp³-hybridized carbons (Fsp3) is 0.500. The first kappa shape index (κ1) is 27.9. The maximum atomic E-state index is 12.3. The molecular formula is C28H38O5S. The summed E-state index contributed by atoms with van der Waals surface area (Å²) in [5.41, 5.74) is 3.22. The average molecular weight is 487 g/mol. The van der Waals surface area contributed by atoms with E-state index in [1.807, 2.05) is 24.3 Å². The fourth-order valence-corrected chi connectivity index (χ4v) is 5.09. The highest BCUT2D eigenvalue weighted by molar-refractivity contribution is 8.00. The molecule has 6 heteroatoms. The first-order chi connectivity index (χ1) is 16.6. The molecule has 0 radical (unpaired) electrons. The van der Waals surface area contributed by atoms with Crippen LogP contribution < -0.4 is 0 Å². The normalized spacial score (nSPS) is 12.7. The second kappa shape index (κ2) is 16.3. The van der Waals surface area contributed by atoms with Gasteiger partial charge in [0.1, 0.15) is 11.4 Å². The van der Waals surface area contributed by atoms with Gasteiger partial charge in [0.25, 0.3) is 0 Å². The van der Waals surface area contributed by atoms with Crippen LogP contribution in [-0.4, -0.2) is 42.3 Å². The summed E-state index contributed by atoms with van der Waals surface area (Å²) in [4.78, 5) is 23.7. The molecule has 0 spiro atoms. The SMILES string of the molecule is COC(=O)CCSC(C(=O)OC)C(O)c1ccccc1CCCCCCCCc1ccccc1. The summed E-state index contributed by atoms with van der Waals surface area (Å²) in [5.74, 6) is -0.464. The molecule has 2 unspecified atom stereocenters. The number of ether oxygens (including phenoxy) is 2. The molecule has 0 saturated heterocycles. The average Bonchev–Trinajstić information content (AvgIpc) is 2.88. The van der Waals surface area contributed by atoms with Crippen molar-refractivity contribution in [3.8, 4) is 0 Å². The molecule has 0 amide bonds. The van der Waals surface area contributed by atoms with Gasteiger partial charge >= 0.3 is 11.9 Å². The number of rotatable bonds is 16. The monoisotopic (exact) mass is 486 g/mol. The van der Waals surface area contributed by atoms with Crippen molar-refractivity contribution in [3.63, 3.8) is 0 Å². The third-order valence-corrected chi connectivity index (χ3v) is 7.18.